The predicted molar refractivity (Wildman–Crippen MR) is 85.9 cm³/mol. The molecule has 4 nitrogen and oxygen atoms in total. The summed E-state index contributed by atoms with van der Waals surface area (Å²) in [6.45, 7) is 7.22. The lowest BCUT2D eigenvalue weighted by Gasteiger charge is -2.43. The molecule has 3 unspecified atom stereocenters. The zero-order valence-electron chi connectivity index (χ0n) is 12.6. The van der Waals surface area contributed by atoms with Crippen molar-refractivity contribution in [1.29, 1.82) is 0 Å². The molecule has 5 heteroatoms. The van der Waals surface area contributed by atoms with Crippen LogP contribution in [-0.2, 0) is 0 Å². The lowest BCUT2D eigenvalue weighted by molar-refractivity contribution is 0.155. The Bertz CT molecular complexity index is 526. The quantitative estimate of drug-likeness (QED) is 0.877. The average Bonchev–Trinajstić information content (AvgIpc) is 2.88. The van der Waals surface area contributed by atoms with Crippen LogP contribution in [0.2, 0.25) is 0 Å². The minimum absolute atomic E-state index is 0.317. The second-order valence-corrected chi connectivity index (χ2v) is 7.99. The fourth-order valence-corrected chi connectivity index (χ4v) is 4.69. The first-order valence-corrected chi connectivity index (χ1v) is 8.13. The summed E-state index contributed by atoms with van der Waals surface area (Å²) < 4.78 is 0.929. The highest BCUT2D eigenvalue weighted by atomic mass is 79.9. The third kappa shape index (κ3) is 2.01. The Balaban J connectivity index is 1.91. The normalized spacial score (nSPS) is 34.2. The van der Waals surface area contributed by atoms with E-state index in [1.807, 2.05) is 13.2 Å². The SMILES string of the molecule is CNc1ncc(Br)c(NC2C3(C)CCC(C3)C2(C)C)n1. The molecular formula is C15H23BrN4. The molecule has 1 aromatic heterocycles. The van der Waals surface area contributed by atoms with Gasteiger partial charge >= 0.3 is 0 Å². The third-order valence-corrected chi connectivity index (χ3v) is 6.10. The predicted octanol–water partition coefficient (Wildman–Crippen LogP) is 3.91. The highest BCUT2D eigenvalue weighted by Crippen LogP contribution is 2.63. The largest absolute Gasteiger partial charge is 0.365 e. The van der Waals surface area contributed by atoms with Crippen LogP contribution in [0.25, 0.3) is 0 Å². The Labute approximate surface area is 129 Å². The molecule has 0 saturated heterocycles. The Morgan fingerprint density at radius 3 is 2.70 bits per heavy atom. The Hall–Kier alpha value is -0.840. The number of rotatable bonds is 3. The van der Waals surface area contributed by atoms with E-state index in [9.17, 15) is 0 Å². The van der Waals surface area contributed by atoms with Crippen molar-refractivity contribution in [2.24, 2.45) is 16.7 Å². The lowest BCUT2D eigenvalue weighted by atomic mass is 9.68. The highest BCUT2D eigenvalue weighted by molar-refractivity contribution is 9.10. The van der Waals surface area contributed by atoms with Gasteiger partial charge in [0.1, 0.15) is 5.82 Å². The zero-order chi connectivity index (χ0) is 14.5. The number of nitrogens with one attached hydrogen (secondary N) is 2. The second kappa shape index (κ2) is 4.58. The number of fused-ring (bicyclic) bond motifs is 2. The summed E-state index contributed by atoms with van der Waals surface area (Å²) in [5.41, 5.74) is 0.704. The molecule has 1 heterocycles. The number of hydrogen-bond donors (Lipinski definition) is 2. The lowest BCUT2D eigenvalue weighted by Crippen LogP contribution is -2.46. The van der Waals surface area contributed by atoms with Crippen molar-refractivity contribution in [3.8, 4) is 0 Å². The number of aromatic nitrogens is 2. The van der Waals surface area contributed by atoms with Gasteiger partial charge in [-0.3, -0.25) is 0 Å². The molecule has 110 valence electrons. The molecule has 2 bridgehead atoms. The molecule has 2 aliphatic rings. The van der Waals surface area contributed by atoms with Crippen LogP contribution in [0.4, 0.5) is 11.8 Å². The van der Waals surface area contributed by atoms with Gasteiger partial charge in [0, 0.05) is 19.3 Å². The summed E-state index contributed by atoms with van der Waals surface area (Å²) in [6, 6.07) is 0.463. The molecule has 0 aliphatic heterocycles. The van der Waals surface area contributed by atoms with E-state index in [0.717, 1.165) is 16.2 Å². The molecule has 1 aromatic rings. The number of halogens is 1. The molecule has 0 radical (unpaired) electrons. The molecule has 0 aromatic carbocycles. The first-order valence-electron chi connectivity index (χ1n) is 7.33. The van der Waals surface area contributed by atoms with Crippen LogP contribution in [0.1, 0.15) is 40.0 Å². The number of hydrogen-bond acceptors (Lipinski definition) is 4. The van der Waals surface area contributed by atoms with Crippen molar-refractivity contribution >= 4 is 27.7 Å². The van der Waals surface area contributed by atoms with Gasteiger partial charge in [-0.25, -0.2) is 4.98 Å². The van der Waals surface area contributed by atoms with Crippen LogP contribution < -0.4 is 10.6 Å². The monoisotopic (exact) mass is 338 g/mol. The van der Waals surface area contributed by atoms with Crippen LogP contribution in [0.15, 0.2) is 10.7 Å². The van der Waals surface area contributed by atoms with Crippen LogP contribution in [0, 0.1) is 16.7 Å². The summed E-state index contributed by atoms with van der Waals surface area (Å²) in [4.78, 5) is 8.78. The molecule has 2 saturated carbocycles. The minimum atomic E-state index is 0.317. The van der Waals surface area contributed by atoms with Crippen LogP contribution in [-0.4, -0.2) is 23.1 Å². The van der Waals surface area contributed by atoms with Gasteiger partial charge in [-0.1, -0.05) is 20.8 Å². The van der Waals surface area contributed by atoms with Gasteiger partial charge in [0.25, 0.3) is 0 Å². The van der Waals surface area contributed by atoms with Gasteiger partial charge in [0.2, 0.25) is 5.95 Å². The summed E-state index contributed by atoms with van der Waals surface area (Å²) in [6.07, 6.45) is 5.83. The van der Waals surface area contributed by atoms with Gasteiger partial charge in [0.05, 0.1) is 4.47 Å². The van der Waals surface area contributed by atoms with Crippen molar-refractivity contribution in [3.05, 3.63) is 10.7 Å². The van der Waals surface area contributed by atoms with Crippen molar-refractivity contribution in [2.75, 3.05) is 17.7 Å². The van der Waals surface area contributed by atoms with E-state index in [-0.39, 0.29) is 0 Å². The van der Waals surface area contributed by atoms with Crippen LogP contribution >= 0.6 is 15.9 Å². The van der Waals surface area contributed by atoms with Gasteiger partial charge in [-0.05, 0) is 51.9 Å². The number of anilines is 2. The van der Waals surface area contributed by atoms with Crippen molar-refractivity contribution in [1.82, 2.24) is 9.97 Å². The van der Waals surface area contributed by atoms with Crippen molar-refractivity contribution in [2.45, 2.75) is 46.1 Å². The van der Waals surface area contributed by atoms with Crippen LogP contribution in [0.3, 0.4) is 0 Å². The second-order valence-electron chi connectivity index (χ2n) is 7.13. The molecule has 3 atom stereocenters. The van der Waals surface area contributed by atoms with Gasteiger partial charge in [0.15, 0.2) is 0 Å². The highest BCUT2D eigenvalue weighted by Gasteiger charge is 2.59. The van der Waals surface area contributed by atoms with Crippen molar-refractivity contribution in [3.63, 3.8) is 0 Å². The third-order valence-electron chi connectivity index (χ3n) is 5.52. The summed E-state index contributed by atoms with van der Waals surface area (Å²) in [7, 11) is 1.84. The Morgan fingerprint density at radius 2 is 2.10 bits per heavy atom. The van der Waals surface area contributed by atoms with Gasteiger partial charge in [-0.2, -0.15) is 4.98 Å². The smallest absolute Gasteiger partial charge is 0.224 e. The fourth-order valence-electron chi connectivity index (χ4n) is 4.39. The first-order chi connectivity index (χ1) is 9.37. The van der Waals surface area contributed by atoms with E-state index >= 15 is 0 Å². The Kier molecular flexibility index (Phi) is 3.23. The molecule has 2 fully saturated rings. The topological polar surface area (TPSA) is 49.8 Å². The summed E-state index contributed by atoms with van der Waals surface area (Å²) >= 11 is 3.56. The van der Waals surface area contributed by atoms with E-state index < -0.39 is 0 Å². The molecule has 0 amide bonds. The van der Waals surface area contributed by atoms with Gasteiger partial charge in [-0.15, -0.1) is 0 Å². The molecular weight excluding hydrogens is 316 g/mol. The summed E-state index contributed by atoms with van der Waals surface area (Å²) in [5.74, 6) is 2.38. The molecule has 2 aliphatic carbocycles. The maximum absolute atomic E-state index is 4.55. The van der Waals surface area contributed by atoms with E-state index in [0.29, 0.717) is 22.8 Å². The van der Waals surface area contributed by atoms with E-state index in [2.05, 4.69) is 57.3 Å². The number of nitrogens with zero attached hydrogens (tertiary/aromatic N) is 2. The first kappa shape index (κ1) is 14.1. The Morgan fingerprint density at radius 1 is 1.35 bits per heavy atom. The van der Waals surface area contributed by atoms with E-state index in [1.165, 1.54) is 19.3 Å². The standard InChI is InChI=1S/C15H23BrN4/c1-14(2)9-5-6-15(3,7-9)12(14)19-11-10(16)8-18-13(17-4)20-11/h8-9,12H,5-7H2,1-4H3,(H2,17,18,19,20). The van der Waals surface area contributed by atoms with E-state index in [1.54, 1.807) is 0 Å². The minimum Gasteiger partial charge on any atom is -0.365 e. The molecule has 20 heavy (non-hydrogen) atoms. The molecule has 2 N–H and O–H groups in total. The maximum atomic E-state index is 4.55. The van der Waals surface area contributed by atoms with Crippen molar-refractivity contribution < 1.29 is 0 Å². The molecule has 3 rings (SSSR count). The van der Waals surface area contributed by atoms with Gasteiger partial charge < -0.3 is 10.6 Å². The van der Waals surface area contributed by atoms with Crippen LogP contribution in [0.5, 0.6) is 0 Å². The van der Waals surface area contributed by atoms with E-state index in [4.69, 9.17) is 0 Å². The maximum Gasteiger partial charge on any atom is 0.224 e. The molecule has 0 spiro atoms. The average molecular weight is 339 g/mol. The summed E-state index contributed by atoms with van der Waals surface area (Å²) in [5, 5.41) is 6.71. The zero-order valence-corrected chi connectivity index (χ0v) is 14.2. The fraction of sp³-hybridized carbons (Fsp3) is 0.733.